The fraction of sp³-hybridized carbons (Fsp3) is 1.00. The topological polar surface area (TPSA) is 63.4 Å². The summed E-state index contributed by atoms with van der Waals surface area (Å²) in [6.45, 7) is -0.827. The fourth-order valence-corrected chi connectivity index (χ4v) is 2.28. The highest BCUT2D eigenvalue weighted by atomic mass is 32.2. The Morgan fingerprint density at radius 1 is 1.36 bits per heavy atom. The summed E-state index contributed by atoms with van der Waals surface area (Å²) in [5, 5.41) is 0. The van der Waals surface area contributed by atoms with Crippen molar-refractivity contribution in [2.75, 3.05) is 19.3 Å². The summed E-state index contributed by atoms with van der Waals surface area (Å²) in [6, 6.07) is -1.16. The Hall–Kier alpha value is -0.340. The molecule has 8 heteroatoms. The first-order valence-corrected chi connectivity index (χ1v) is 5.74. The van der Waals surface area contributed by atoms with E-state index in [4.69, 9.17) is 5.73 Å². The molecule has 1 rings (SSSR count). The minimum absolute atomic E-state index is 0.261. The predicted octanol–water partition coefficient (Wildman–Crippen LogP) is -0.233. The number of sulfonamides is 1. The molecule has 2 N–H and O–H groups in total. The van der Waals surface area contributed by atoms with Crippen molar-refractivity contribution in [3.63, 3.8) is 0 Å². The summed E-state index contributed by atoms with van der Waals surface area (Å²) in [5.74, 6) is -1.75. The first-order valence-electron chi connectivity index (χ1n) is 3.90. The van der Waals surface area contributed by atoms with Crippen LogP contribution in [0.25, 0.3) is 0 Å². The molecule has 2 atom stereocenters. The van der Waals surface area contributed by atoms with E-state index >= 15 is 0 Å². The van der Waals surface area contributed by atoms with Crippen LogP contribution in [0, 0.1) is 5.92 Å². The molecule has 1 fully saturated rings. The lowest BCUT2D eigenvalue weighted by Crippen LogP contribution is -2.38. The van der Waals surface area contributed by atoms with Gasteiger partial charge in [0.1, 0.15) is 0 Å². The smallest absolute Gasteiger partial charge is 0.326 e. The van der Waals surface area contributed by atoms with Crippen LogP contribution in [-0.4, -0.2) is 44.3 Å². The van der Waals surface area contributed by atoms with E-state index in [9.17, 15) is 21.6 Å². The van der Waals surface area contributed by atoms with Crippen LogP contribution >= 0.6 is 0 Å². The molecule has 0 amide bonds. The minimum Gasteiger partial charge on any atom is -0.326 e. The highest BCUT2D eigenvalue weighted by Gasteiger charge is 2.50. The summed E-state index contributed by atoms with van der Waals surface area (Å²) in [5.41, 5.74) is 5.23. The van der Waals surface area contributed by atoms with Gasteiger partial charge in [0, 0.05) is 19.1 Å². The van der Waals surface area contributed by atoms with E-state index < -0.39 is 34.7 Å². The highest BCUT2D eigenvalue weighted by molar-refractivity contribution is 7.88. The maximum absolute atomic E-state index is 12.3. The SMILES string of the molecule is CS(=O)(=O)N1CC(N)C(C(F)(F)F)C1. The summed E-state index contributed by atoms with van der Waals surface area (Å²) in [4.78, 5) is 0. The van der Waals surface area contributed by atoms with E-state index in [2.05, 4.69) is 0 Å². The second-order valence-electron chi connectivity index (χ2n) is 3.39. The third-order valence-corrected chi connectivity index (χ3v) is 3.46. The molecule has 2 unspecified atom stereocenters. The van der Waals surface area contributed by atoms with Gasteiger partial charge in [-0.15, -0.1) is 0 Å². The Kier molecular flexibility index (Phi) is 2.81. The molecule has 84 valence electrons. The summed E-state index contributed by atoms with van der Waals surface area (Å²) < 4.78 is 59.5. The van der Waals surface area contributed by atoms with Crippen LogP contribution in [0.4, 0.5) is 13.2 Å². The predicted molar refractivity (Wildman–Crippen MR) is 43.9 cm³/mol. The van der Waals surface area contributed by atoms with Gasteiger partial charge in [0.25, 0.3) is 0 Å². The van der Waals surface area contributed by atoms with Crippen molar-refractivity contribution in [3.05, 3.63) is 0 Å². The van der Waals surface area contributed by atoms with Gasteiger partial charge >= 0.3 is 6.18 Å². The van der Waals surface area contributed by atoms with Crippen LogP contribution in [0.1, 0.15) is 0 Å². The molecule has 0 aromatic carbocycles. The molecular weight excluding hydrogens is 221 g/mol. The van der Waals surface area contributed by atoms with Gasteiger partial charge in [-0.1, -0.05) is 0 Å². The lowest BCUT2D eigenvalue weighted by atomic mass is 10.1. The van der Waals surface area contributed by atoms with E-state index in [1.807, 2.05) is 0 Å². The molecule has 14 heavy (non-hydrogen) atoms. The van der Waals surface area contributed by atoms with Crippen molar-refractivity contribution >= 4 is 10.0 Å². The highest BCUT2D eigenvalue weighted by Crippen LogP contribution is 2.33. The molecule has 1 aliphatic heterocycles. The van der Waals surface area contributed by atoms with Gasteiger partial charge in [-0.3, -0.25) is 0 Å². The van der Waals surface area contributed by atoms with Gasteiger partial charge in [0.2, 0.25) is 10.0 Å². The quantitative estimate of drug-likeness (QED) is 0.679. The number of halogens is 3. The Morgan fingerprint density at radius 2 is 1.86 bits per heavy atom. The summed E-state index contributed by atoms with van der Waals surface area (Å²) in [7, 11) is -3.58. The summed E-state index contributed by atoms with van der Waals surface area (Å²) in [6.07, 6.45) is -3.56. The minimum atomic E-state index is -4.43. The molecular formula is C6H11F3N2O2S. The van der Waals surface area contributed by atoms with Gasteiger partial charge in [0.05, 0.1) is 12.2 Å². The molecule has 0 spiro atoms. The first-order chi connectivity index (χ1) is 6.12. The fourth-order valence-electron chi connectivity index (χ4n) is 1.41. The zero-order valence-electron chi connectivity index (χ0n) is 7.45. The van der Waals surface area contributed by atoms with Crippen LogP contribution < -0.4 is 5.73 Å². The molecule has 0 saturated carbocycles. The van der Waals surface area contributed by atoms with Crippen LogP contribution in [0.3, 0.4) is 0 Å². The second kappa shape index (κ2) is 3.35. The zero-order chi connectivity index (χ0) is 11.1. The number of alkyl halides is 3. The molecule has 0 aromatic heterocycles. The summed E-state index contributed by atoms with van der Waals surface area (Å²) >= 11 is 0. The Bertz CT molecular complexity index is 314. The maximum Gasteiger partial charge on any atom is 0.394 e. The lowest BCUT2D eigenvalue weighted by molar-refractivity contribution is -0.172. The molecule has 1 heterocycles. The Morgan fingerprint density at radius 3 is 2.07 bits per heavy atom. The van der Waals surface area contributed by atoms with Gasteiger partial charge < -0.3 is 5.73 Å². The normalized spacial score (nSPS) is 30.9. The monoisotopic (exact) mass is 232 g/mol. The van der Waals surface area contributed by atoms with Crippen molar-refractivity contribution in [1.82, 2.24) is 4.31 Å². The third-order valence-electron chi connectivity index (χ3n) is 2.22. The van der Waals surface area contributed by atoms with Gasteiger partial charge in [-0.25, -0.2) is 8.42 Å². The molecule has 1 aliphatic rings. The van der Waals surface area contributed by atoms with Crippen molar-refractivity contribution in [2.24, 2.45) is 11.7 Å². The lowest BCUT2D eigenvalue weighted by Gasteiger charge is -2.17. The van der Waals surface area contributed by atoms with Crippen LogP contribution in [-0.2, 0) is 10.0 Å². The maximum atomic E-state index is 12.3. The van der Waals surface area contributed by atoms with E-state index in [-0.39, 0.29) is 6.54 Å². The van der Waals surface area contributed by atoms with Crippen molar-refractivity contribution in [3.8, 4) is 0 Å². The van der Waals surface area contributed by atoms with Crippen LogP contribution in [0.5, 0.6) is 0 Å². The van der Waals surface area contributed by atoms with Crippen molar-refractivity contribution in [2.45, 2.75) is 12.2 Å². The van der Waals surface area contributed by atoms with E-state index in [0.29, 0.717) is 0 Å². The number of rotatable bonds is 1. The largest absolute Gasteiger partial charge is 0.394 e. The zero-order valence-corrected chi connectivity index (χ0v) is 8.27. The van der Waals surface area contributed by atoms with Crippen molar-refractivity contribution in [1.29, 1.82) is 0 Å². The second-order valence-corrected chi connectivity index (χ2v) is 5.37. The molecule has 4 nitrogen and oxygen atoms in total. The average molecular weight is 232 g/mol. The molecule has 1 saturated heterocycles. The van der Waals surface area contributed by atoms with Gasteiger partial charge in [0.15, 0.2) is 0 Å². The van der Waals surface area contributed by atoms with E-state index in [1.165, 1.54) is 0 Å². The third kappa shape index (κ3) is 2.37. The van der Waals surface area contributed by atoms with Crippen molar-refractivity contribution < 1.29 is 21.6 Å². The van der Waals surface area contributed by atoms with E-state index in [1.54, 1.807) is 0 Å². The number of hydrogen-bond donors (Lipinski definition) is 1. The number of hydrogen-bond acceptors (Lipinski definition) is 3. The van der Waals surface area contributed by atoms with Crippen LogP contribution in [0.15, 0.2) is 0 Å². The number of nitrogens with zero attached hydrogens (tertiary/aromatic N) is 1. The molecule has 0 aromatic rings. The van der Waals surface area contributed by atoms with Gasteiger partial charge in [-0.2, -0.15) is 17.5 Å². The van der Waals surface area contributed by atoms with Gasteiger partial charge in [-0.05, 0) is 0 Å². The Labute approximate surface area is 79.9 Å². The molecule has 0 bridgehead atoms. The van der Waals surface area contributed by atoms with Crippen LogP contribution in [0.2, 0.25) is 0 Å². The number of nitrogens with two attached hydrogens (primary N) is 1. The average Bonchev–Trinajstić information content (AvgIpc) is 2.27. The standard InChI is InChI=1S/C6H11F3N2O2S/c1-14(12,13)11-2-4(5(10)3-11)6(7,8)9/h4-5H,2-3,10H2,1H3. The Balaban J connectivity index is 2.80. The molecule has 0 radical (unpaired) electrons. The first kappa shape index (κ1) is 11.7. The molecule has 0 aliphatic carbocycles. The van der Waals surface area contributed by atoms with E-state index in [0.717, 1.165) is 10.6 Å².